The van der Waals surface area contributed by atoms with Gasteiger partial charge in [0.25, 0.3) is 0 Å². The fourth-order valence-corrected chi connectivity index (χ4v) is 4.86. The first-order valence-electron chi connectivity index (χ1n) is 8.38. The number of fused-ring (bicyclic) bond motifs is 5. The molecule has 22 heavy (non-hydrogen) atoms. The van der Waals surface area contributed by atoms with Gasteiger partial charge in [-0.1, -0.05) is 18.2 Å². The molecule has 2 nitrogen and oxygen atoms in total. The van der Waals surface area contributed by atoms with Crippen molar-refractivity contribution in [3.05, 3.63) is 47.5 Å². The van der Waals surface area contributed by atoms with Gasteiger partial charge in [-0.15, -0.1) is 0 Å². The van der Waals surface area contributed by atoms with Gasteiger partial charge in [0.15, 0.2) is 0 Å². The second-order valence-corrected chi connectivity index (χ2v) is 7.11. The van der Waals surface area contributed by atoms with Gasteiger partial charge in [-0.3, -0.25) is 4.90 Å². The highest BCUT2D eigenvalue weighted by Crippen LogP contribution is 2.46. The van der Waals surface area contributed by atoms with Crippen molar-refractivity contribution in [1.82, 2.24) is 4.90 Å². The molecule has 1 aromatic heterocycles. The first-order valence-corrected chi connectivity index (χ1v) is 8.38. The number of piperidine rings is 1. The van der Waals surface area contributed by atoms with E-state index in [0.29, 0.717) is 12.0 Å². The van der Waals surface area contributed by atoms with Gasteiger partial charge in [0, 0.05) is 29.3 Å². The van der Waals surface area contributed by atoms with Gasteiger partial charge < -0.3 is 4.42 Å². The number of furan rings is 1. The molecule has 2 fully saturated rings. The Kier molecular flexibility index (Phi) is 2.52. The van der Waals surface area contributed by atoms with Crippen LogP contribution in [0, 0.1) is 12.8 Å². The van der Waals surface area contributed by atoms with Crippen molar-refractivity contribution in [3.8, 4) is 0 Å². The molecule has 2 heteroatoms. The highest BCUT2D eigenvalue weighted by atomic mass is 16.3. The van der Waals surface area contributed by atoms with Gasteiger partial charge in [-0.2, -0.15) is 0 Å². The summed E-state index contributed by atoms with van der Waals surface area (Å²) in [5, 5.41) is 2.52. The maximum atomic E-state index is 6.03. The summed E-state index contributed by atoms with van der Waals surface area (Å²) < 4.78 is 6.03. The molecule has 2 aromatic carbocycles. The van der Waals surface area contributed by atoms with Gasteiger partial charge in [0.1, 0.15) is 11.2 Å². The van der Waals surface area contributed by atoms with Crippen LogP contribution in [0.5, 0.6) is 0 Å². The minimum Gasteiger partial charge on any atom is -0.456 e. The van der Waals surface area contributed by atoms with E-state index < -0.39 is 0 Å². The van der Waals surface area contributed by atoms with Crippen molar-refractivity contribution in [2.75, 3.05) is 13.1 Å². The lowest BCUT2D eigenvalue weighted by Crippen LogP contribution is -2.32. The van der Waals surface area contributed by atoms with Crippen LogP contribution in [-0.2, 0) is 0 Å². The van der Waals surface area contributed by atoms with E-state index in [0.717, 1.165) is 17.1 Å². The Hall–Kier alpha value is -1.80. The van der Waals surface area contributed by atoms with Crippen LogP contribution in [0.1, 0.15) is 30.4 Å². The first-order chi connectivity index (χ1) is 10.7. The fourth-order valence-electron chi connectivity index (χ4n) is 4.86. The second kappa shape index (κ2) is 4.36. The van der Waals surface area contributed by atoms with Gasteiger partial charge in [0.05, 0.1) is 0 Å². The summed E-state index contributed by atoms with van der Waals surface area (Å²) in [7, 11) is 0. The molecule has 2 aliphatic rings. The Bertz CT molecular complexity index is 876. The number of hydrogen-bond donors (Lipinski definition) is 0. The highest BCUT2D eigenvalue weighted by molar-refractivity contribution is 6.05. The summed E-state index contributed by atoms with van der Waals surface area (Å²) in [4.78, 5) is 2.66. The smallest absolute Gasteiger partial charge is 0.135 e. The van der Waals surface area contributed by atoms with Crippen molar-refractivity contribution < 1.29 is 4.42 Å². The van der Waals surface area contributed by atoms with Crippen LogP contribution in [0.15, 0.2) is 40.8 Å². The standard InChI is InChI=1S/C20H21NO/c1-12-9-19-17(15-5-3-4-6-18(15)22-19)10-16(12)20-13(2)21-8-7-14(20)11-21/h3-6,9-10,13-14,20H,7-8,11H2,1-2H3/t13-,14?,20?/m1/s1. The molecule has 2 aliphatic heterocycles. The Labute approximate surface area is 130 Å². The predicted octanol–water partition coefficient (Wildman–Crippen LogP) is 4.70. The zero-order valence-corrected chi connectivity index (χ0v) is 13.2. The fraction of sp³-hybridized carbons (Fsp3) is 0.400. The normalized spacial score (nSPS) is 30.6. The molecule has 0 spiro atoms. The molecule has 2 saturated heterocycles. The number of aryl methyl sites for hydroxylation is 1. The zero-order chi connectivity index (χ0) is 14.8. The largest absolute Gasteiger partial charge is 0.456 e. The van der Waals surface area contributed by atoms with Crippen LogP contribution in [0.4, 0.5) is 0 Å². The van der Waals surface area contributed by atoms with Crippen LogP contribution >= 0.6 is 0 Å². The maximum absolute atomic E-state index is 6.03. The van der Waals surface area contributed by atoms with E-state index in [4.69, 9.17) is 4.42 Å². The minimum atomic E-state index is 0.674. The Morgan fingerprint density at radius 2 is 1.95 bits per heavy atom. The molecular formula is C20H21NO. The quantitative estimate of drug-likeness (QED) is 0.646. The van der Waals surface area contributed by atoms with Crippen LogP contribution in [-0.4, -0.2) is 24.0 Å². The van der Waals surface area contributed by atoms with E-state index >= 15 is 0 Å². The summed E-state index contributed by atoms with van der Waals surface area (Å²) in [6, 6.07) is 13.7. The molecule has 3 heterocycles. The first kappa shape index (κ1) is 12.7. The van der Waals surface area contributed by atoms with Gasteiger partial charge in [0.2, 0.25) is 0 Å². The van der Waals surface area contributed by atoms with Crippen molar-refractivity contribution in [2.24, 2.45) is 5.92 Å². The monoisotopic (exact) mass is 291 g/mol. The molecule has 0 N–H and O–H groups in total. The van der Waals surface area contributed by atoms with E-state index in [1.54, 1.807) is 5.56 Å². The topological polar surface area (TPSA) is 16.4 Å². The number of hydrogen-bond acceptors (Lipinski definition) is 2. The van der Waals surface area contributed by atoms with Gasteiger partial charge in [-0.05, 0) is 62.1 Å². The van der Waals surface area contributed by atoms with Crippen LogP contribution in [0.3, 0.4) is 0 Å². The molecule has 3 unspecified atom stereocenters. The molecule has 0 aliphatic carbocycles. The highest BCUT2D eigenvalue weighted by Gasteiger charge is 2.44. The lowest BCUT2D eigenvalue weighted by molar-refractivity contribution is 0.256. The summed E-state index contributed by atoms with van der Waals surface area (Å²) in [5.41, 5.74) is 4.95. The molecule has 112 valence electrons. The maximum Gasteiger partial charge on any atom is 0.135 e. The Balaban J connectivity index is 1.74. The third-order valence-electron chi connectivity index (χ3n) is 5.98. The summed E-state index contributed by atoms with van der Waals surface area (Å²) in [6.07, 6.45) is 1.36. The molecule has 4 atom stereocenters. The molecule has 5 rings (SSSR count). The van der Waals surface area contributed by atoms with Crippen molar-refractivity contribution in [2.45, 2.75) is 32.2 Å². The van der Waals surface area contributed by atoms with E-state index in [2.05, 4.69) is 49.1 Å². The SMILES string of the molecule is Cc1cc2oc3ccccc3c2cc1C1C2CCN(C2)[C@@H]1C. The zero-order valence-electron chi connectivity index (χ0n) is 13.2. The molecule has 0 amide bonds. The lowest BCUT2D eigenvalue weighted by atomic mass is 9.79. The Morgan fingerprint density at radius 1 is 1.09 bits per heavy atom. The summed E-state index contributed by atoms with van der Waals surface area (Å²) >= 11 is 0. The number of nitrogens with zero attached hydrogens (tertiary/aromatic N) is 1. The summed E-state index contributed by atoms with van der Waals surface area (Å²) in [6.45, 7) is 7.23. The van der Waals surface area contributed by atoms with E-state index in [1.807, 2.05) is 6.07 Å². The van der Waals surface area contributed by atoms with Crippen LogP contribution < -0.4 is 0 Å². The molecule has 0 radical (unpaired) electrons. The molecule has 2 bridgehead atoms. The van der Waals surface area contributed by atoms with Crippen molar-refractivity contribution >= 4 is 21.9 Å². The predicted molar refractivity (Wildman–Crippen MR) is 90.3 cm³/mol. The number of rotatable bonds is 1. The second-order valence-electron chi connectivity index (χ2n) is 7.11. The number of para-hydroxylation sites is 1. The average Bonchev–Trinajstić information content (AvgIpc) is 3.19. The van der Waals surface area contributed by atoms with Crippen molar-refractivity contribution in [1.29, 1.82) is 0 Å². The molecular weight excluding hydrogens is 270 g/mol. The average molecular weight is 291 g/mol. The van der Waals surface area contributed by atoms with E-state index in [-0.39, 0.29) is 0 Å². The summed E-state index contributed by atoms with van der Waals surface area (Å²) in [5.74, 6) is 1.52. The van der Waals surface area contributed by atoms with Gasteiger partial charge in [-0.25, -0.2) is 0 Å². The van der Waals surface area contributed by atoms with E-state index in [9.17, 15) is 0 Å². The van der Waals surface area contributed by atoms with E-state index in [1.165, 1.54) is 35.8 Å². The third-order valence-corrected chi connectivity index (χ3v) is 5.98. The Morgan fingerprint density at radius 3 is 2.77 bits per heavy atom. The van der Waals surface area contributed by atoms with Crippen LogP contribution in [0.25, 0.3) is 21.9 Å². The van der Waals surface area contributed by atoms with Gasteiger partial charge >= 0.3 is 0 Å². The molecule has 0 saturated carbocycles. The number of benzene rings is 2. The minimum absolute atomic E-state index is 0.674. The third kappa shape index (κ3) is 1.59. The van der Waals surface area contributed by atoms with Crippen molar-refractivity contribution in [3.63, 3.8) is 0 Å². The lowest BCUT2D eigenvalue weighted by Gasteiger charge is -2.30. The molecule has 3 aromatic rings. The van der Waals surface area contributed by atoms with Crippen LogP contribution in [0.2, 0.25) is 0 Å².